The number of hydrogen-bond acceptors (Lipinski definition) is 4. The fourth-order valence-corrected chi connectivity index (χ4v) is 1.59. The zero-order valence-corrected chi connectivity index (χ0v) is 9.08. The Labute approximate surface area is 90.3 Å². The lowest BCUT2D eigenvalue weighted by molar-refractivity contribution is -0.0799. The van der Waals surface area contributed by atoms with Gasteiger partial charge in [0.1, 0.15) is 11.9 Å². The van der Waals surface area contributed by atoms with Crippen molar-refractivity contribution in [1.82, 2.24) is 0 Å². The molecule has 0 aliphatic carbocycles. The molecule has 0 amide bonds. The summed E-state index contributed by atoms with van der Waals surface area (Å²) in [4.78, 5) is 0. The molecular formula is C9H11BrN2O2. The van der Waals surface area contributed by atoms with E-state index in [9.17, 15) is 0 Å². The third kappa shape index (κ3) is 1.78. The summed E-state index contributed by atoms with van der Waals surface area (Å²) in [5.41, 5.74) is 12.4. The van der Waals surface area contributed by atoms with Gasteiger partial charge in [-0.3, -0.25) is 0 Å². The Morgan fingerprint density at radius 3 is 2.50 bits per heavy atom. The molecule has 1 aromatic carbocycles. The van der Waals surface area contributed by atoms with E-state index in [-0.39, 0.29) is 6.10 Å². The minimum absolute atomic E-state index is 0.134. The van der Waals surface area contributed by atoms with Crippen LogP contribution in [0.25, 0.3) is 0 Å². The van der Waals surface area contributed by atoms with Gasteiger partial charge in [0.05, 0.1) is 29.1 Å². The second-order valence-electron chi connectivity index (χ2n) is 3.19. The van der Waals surface area contributed by atoms with Crippen molar-refractivity contribution in [2.45, 2.75) is 6.10 Å². The molecule has 0 radical (unpaired) electrons. The van der Waals surface area contributed by atoms with E-state index in [0.717, 1.165) is 4.47 Å². The van der Waals surface area contributed by atoms with Crippen molar-refractivity contribution in [3.05, 3.63) is 16.6 Å². The van der Waals surface area contributed by atoms with E-state index in [2.05, 4.69) is 15.9 Å². The zero-order valence-electron chi connectivity index (χ0n) is 7.50. The third-order valence-corrected chi connectivity index (χ3v) is 2.66. The molecule has 0 bridgehead atoms. The van der Waals surface area contributed by atoms with Gasteiger partial charge in [0.2, 0.25) is 0 Å². The summed E-state index contributed by atoms with van der Waals surface area (Å²) >= 11 is 3.36. The van der Waals surface area contributed by atoms with Crippen molar-refractivity contribution in [2.24, 2.45) is 0 Å². The van der Waals surface area contributed by atoms with Crippen LogP contribution in [0.4, 0.5) is 11.4 Å². The molecule has 0 atom stereocenters. The standard InChI is InChI=1S/C9H11BrN2O2/c10-6-1-7(11)8(12)2-9(6)14-5-3-13-4-5/h1-2,5H,3-4,11-12H2. The first kappa shape index (κ1) is 9.61. The summed E-state index contributed by atoms with van der Waals surface area (Å²) in [5, 5.41) is 0. The van der Waals surface area contributed by atoms with E-state index in [0.29, 0.717) is 30.3 Å². The summed E-state index contributed by atoms with van der Waals surface area (Å²) in [7, 11) is 0. The van der Waals surface area contributed by atoms with Crippen LogP contribution in [-0.4, -0.2) is 19.3 Å². The van der Waals surface area contributed by atoms with Crippen LogP contribution in [0.1, 0.15) is 0 Å². The molecule has 2 rings (SSSR count). The molecule has 76 valence electrons. The topological polar surface area (TPSA) is 70.5 Å². The van der Waals surface area contributed by atoms with Crippen LogP contribution >= 0.6 is 15.9 Å². The number of nitrogens with two attached hydrogens (primary N) is 2. The molecule has 5 heteroatoms. The summed E-state index contributed by atoms with van der Waals surface area (Å²) in [6.45, 7) is 1.27. The lowest BCUT2D eigenvalue weighted by Crippen LogP contribution is -2.38. The van der Waals surface area contributed by atoms with E-state index in [1.165, 1.54) is 0 Å². The normalized spacial score (nSPS) is 16.4. The fourth-order valence-electron chi connectivity index (χ4n) is 1.14. The number of nitrogen functional groups attached to an aromatic ring is 2. The third-order valence-electron chi connectivity index (χ3n) is 2.04. The lowest BCUT2D eigenvalue weighted by Gasteiger charge is -2.27. The monoisotopic (exact) mass is 258 g/mol. The Hall–Kier alpha value is -0.940. The van der Waals surface area contributed by atoms with Gasteiger partial charge >= 0.3 is 0 Å². The van der Waals surface area contributed by atoms with Gasteiger partial charge in [-0.25, -0.2) is 0 Å². The smallest absolute Gasteiger partial charge is 0.145 e. The summed E-state index contributed by atoms with van der Waals surface area (Å²) in [6, 6.07) is 3.46. The molecule has 0 saturated carbocycles. The summed E-state index contributed by atoms with van der Waals surface area (Å²) in [6.07, 6.45) is 0.134. The van der Waals surface area contributed by atoms with Crippen LogP contribution in [0, 0.1) is 0 Å². The molecular weight excluding hydrogens is 248 g/mol. The molecule has 0 unspecified atom stereocenters. The van der Waals surface area contributed by atoms with Gasteiger partial charge in [-0.15, -0.1) is 0 Å². The number of halogens is 1. The predicted octanol–water partition coefficient (Wildman–Crippen LogP) is 1.39. The van der Waals surface area contributed by atoms with Gasteiger partial charge in [-0.2, -0.15) is 0 Å². The Morgan fingerprint density at radius 2 is 1.93 bits per heavy atom. The first-order valence-corrected chi connectivity index (χ1v) is 5.05. The van der Waals surface area contributed by atoms with Crippen molar-refractivity contribution in [3.8, 4) is 5.75 Å². The highest BCUT2D eigenvalue weighted by Crippen LogP contribution is 2.32. The Bertz CT molecular complexity index is 353. The molecule has 14 heavy (non-hydrogen) atoms. The quantitative estimate of drug-likeness (QED) is 0.787. The first-order valence-electron chi connectivity index (χ1n) is 4.25. The molecule has 4 nitrogen and oxygen atoms in total. The Balaban J connectivity index is 2.19. The average Bonchev–Trinajstić information content (AvgIpc) is 2.06. The van der Waals surface area contributed by atoms with Gasteiger partial charge in [-0.1, -0.05) is 0 Å². The number of ether oxygens (including phenoxy) is 2. The van der Waals surface area contributed by atoms with Gasteiger partial charge in [0.25, 0.3) is 0 Å². The largest absolute Gasteiger partial charge is 0.484 e. The second-order valence-corrected chi connectivity index (χ2v) is 4.04. The van der Waals surface area contributed by atoms with E-state index in [4.69, 9.17) is 20.9 Å². The zero-order chi connectivity index (χ0) is 10.1. The van der Waals surface area contributed by atoms with E-state index in [1.54, 1.807) is 12.1 Å². The van der Waals surface area contributed by atoms with Crippen molar-refractivity contribution in [2.75, 3.05) is 24.7 Å². The highest BCUT2D eigenvalue weighted by molar-refractivity contribution is 9.10. The number of rotatable bonds is 2. The van der Waals surface area contributed by atoms with Crippen LogP contribution in [-0.2, 0) is 4.74 Å². The highest BCUT2D eigenvalue weighted by Gasteiger charge is 2.21. The predicted molar refractivity (Wildman–Crippen MR) is 58.2 cm³/mol. The van der Waals surface area contributed by atoms with Crippen molar-refractivity contribution in [1.29, 1.82) is 0 Å². The number of anilines is 2. The van der Waals surface area contributed by atoms with Crippen LogP contribution < -0.4 is 16.2 Å². The molecule has 1 saturated heterocycles. The van der Waals surface area contributed by atoms with Gasteiger partial charge in [0, 0.05) is 6.07 Å². The first-order chi connectivity index (χ1) is 6.66. The molecule has 1 fully saturated rings. The molecule has 0 spiro atoms. The maximum atomic E-state index is 5.67. The number of benzene rings is 1. The van der Waals surface area contributed by atoms with Crippen LogP contribution in [0.5, 0.6) is 5.75 Å². The van der Waals surface area contributed by atoms with Crippen molar-refractivity contribution >= 4 is 27.3 Å². The average molecular weight is 259 g/mol. The summed E-state index contributed by atoms with van der Waals surface area (Å²) in [5.74, 6) is 0.713. The highest BCUT2D eigenvalue weighted by atomic mass is 79.9. The van der Waals surface area contributed by atoms with Gasteiger partial charge in [0.15, 0.2) is 0 Å². The van der Waals surface area contributed by atoms with Crippen LogP contribution in [0.15, 0.2) is 16.6 Å². The molecule has 1 aliphatic rings. The molecule has 4 N–H and O–H groups in total. The maximum absolute atomic E-state index is 5.67. The fraction of sp³-hybridized carbons (Fsp3) is 0.333. The SMILES string of the molecule is Nc1cc(Br)c(OC2COC2)cc1N. The van der Waals surface area contributed by atoms with E-state index >= 15 is 0 Å². The number of hydrogen-bond donors (Lipinski definition) is 2. The van der Waals surface area contributed by atoms with E-state index in [1.807, 2.05) is 0 Å². The molecule has 1 aliphatic heterocycles. The molecule has 0 aromatic heterocycles. The minimum atomic E-state index is 0.134. The molecule has 1 heterocycles. The lowest BCUT2D eigenvalue weighted by atomic mass is 10.2. The maximum Gasteiger partial charge on any atom is 0.145 e. The Kier molecular flexibility index (Phi) is 2.52. The van der Waals surface area contributed by atoms with Gasteiger partial charge in [-0.05, 0) is 22.0 Å². The van der Waals surface area contributed by atoms with Crippen LogP contribution in [0.2, 0.25) is 0 Å². The van der Waals surface area contributed by atoms with Crippen LogP contribution in [0.3, 0.4) is 0 Å². The van der Waals surface area contributed by atoms with Crippen molar-refractivity contribution in [3.63, 3.8) is 0 Å². The Morgan fingerprint density at radius 1 is 1.29 bits per heavy atom. The summed E-state index contributed by atoms with van der Waals surface area (Å²) < 4.78 is 11.4. The molecule has 1 aromatic rings. The van der Waals surface area contributed by atoms with E-state index < -0.39 is 0 Å². The van der Waals surface area contributed by atoms with Crippen molar-refractivity contribution < 1.29 is 9.47 Å². The second kappa shape index (κ2) is 3.67. The van der Waals surface area contributed by atoms with Gasteiger partial charge < -0.3 is 20.9 Å². The minimum Gasteiger partial charge on any atom is -0.484 e.